The minimum Gasteiger partial charge on any atom is -0.394 e. The standard InChI is InChI=1S/C5H9BO3/c6-5-1-3(8)4(2-7)9-5/h3-5,7-8H,1-2H2/t3-,4+,5+/m1/s1. The molecule has 1 heterocycles. The normalized spacial score (nSPS) is 43.6. The maximum atomic E-state index is 8.99. The van der Waals surface area contributed by atoms with Gasteiger partial charge in [-0.25, -0.2) is 0 Å². The van der Waals surface area contributed by atoms with E-state index < -0.39 is 18.2 Å². The molecule has 50 valence electrons. The van der Waals surface area contributed by atoms with Gasteiger partial charge in [0.25, 0.3) is 0 Å². The van der Waals surface area contributed by atoms with Crippen LogP contribution in [0.4, 0.5) is 0 Å². The Hall–Kier alpha value is -0.0551. The van der Waals surface area contributed by atoms with E-state index in [1.165, 1.54) is 0 Å². The van der Waals surface area contributed by atoms with Gasteiger partial charge in [-0.2, -0.15) is 0 Å². The van der Waals surface area contributed by atoms with Gasteiger partial charge in [-0.15, -0.1) is 0 Å². The maximum Gasteiger partial charge on any atom is 0.109 e. The van der Waals surface area contributed by atoms with Gasteiger partial charge in [0.1, 0.15) is 14.0 Å². The summed E-state index contributed by atoms with van der Waals surface area (Å²) in [5.41, 5.74) is 0. The number of rotatable bonds is 1. The Kier molecular flexibility index (Phi) is 2.11. The summed E-state index contributed by atoms with van der Waals surface area (Å²) in [6.07, 6.45) is -0.643. The van der Waals surface area contributed by atoms with Crippen molar-refractivity contribution in [3.63, 3.8) is 0 Å². The third-order valence-electron chi connectivity index (χ3n) is 1.43. The van der Waals surface area contributed by atoms with E-state index in [0.29, 0.717) is 6.42 Å². The van der Waals surface area contributed by atoms with E-state index in [-0.39, 0.29) is 6.61 Å². The summed E-state index contributed by atoms with van der Waals surface area (Å²) in [4.78, 5) is 0. The highest BCUT2D eigenvalue weighted by Crippen LogP contribution is 2.17. The van der Waals surface area contributed by atoms with E-state index in [1.807, 2.05) is 0 Å². The van der Waals surface area contributed by atoms with Crippen LogP contribution in [0.2, 0.25) is 0 Å². The van der Waals surface area contributed by atoms with Gasteiger partial charge in [0.2, 0.25) is 0 Å². The van der Waals surface area contributed by atoms with Gasteiger partial charge < -0.3 is 14.9 Å². The van der Waals surface area contributed by atoms with Gasteiger partial charge in [0.15, 0.2) is 0 Å². The van der Waals surface area contributed by atoms with Gasteiger partial charge >= 0.3 is 0 Å². The van der Waals surface area contributed by atoms with Gasteiger partial charge in [-0.05, 0) is 6.42 Å². The minimum absolute atomic E-state index is 0.158. The smallest absolute Gasteiger partial charge is 0.109 e. The zero-order valence-electron chi connectivity index (χ0n) is 5.03. The highest BCUT2D eigenvalue weighted by molar-refractivity contribution is 6.11. The van der Waals surface area contributed by atoms with E-state index in [2.05, 4.69) is 0 Å². The Balaban J connectivity index is 2.38. The molecule has 3 nitrogen and oxygen atoms in total. The molecule has 0 aromatic heterocycles. The second-order valence-corrected chi connectivity index (χ2v) is 2.20. The van der Waals surface area contributed by atoms with Crippen molar-refractivity contribution in [3.8, 4) is 0 Å². The Morgan fingerprint density at radius 2 is 2.33 bits per heavy atom. The number of ether oxygens (including phenoxy) is 1. The van der Waals surface area contributed by atoms with Crippen molar-refractivity contribution in [3.05, 3.63) is 0 Å². The summed E-state index contributed by atoms with van der Waals surface area (Å²) in [6, 6.07) is -0.405. The summed E-state index contributed by atoms with van der Waals surface area (Å²) < 4.78 is 4.90. The molecular formula is C5H9BO3. The lowest BCUT2D eigenvalue weighted by Gasteiger charge is -2.09. The molecule has 1 aliphatic heterocycles. The predicted molar refractivity (Wildman–Crippen MR) is 32.1 cm³/mol. The first-order valence-corrected chi connectivity index (χ1v) is 2.94. The van der Waals surface area contributed by atoms with Crippen LogP contribution in [-0.2, 0) is 4.74 Å². The fraction of sp³-hybridized carbons (Fsp3) is 1.00. The van der Waals surface area contributed by atoms with Crippen molar-refractivity contribution in [1.29, 1.82) is 0 Å². The molecule has 0 aliphatic carbocycles. The molecule has 2 radical (unpaired) electrons. The van der Waals surface area contributed by atoms with Crippen molar-refractivity contribution >= 4 is 7.85 Å². The summed E-state index contributed by atoms with van der Waals surface area (Å²) in [5, 5.41) is 17.5. The minimum atomic E-state index is -0.593. The molecule has 2 N–H and O–H groups in total. The number of hydrogen-bond acceptors (Lipinski definition) is 3. The molecule has 0 aromatic carbocycles. The predicted octanol–water partition coefficient (Wildman–Crippen LogP) is -1.38. The lowest BCUT2D eigenvalue weighted by Crippen LogP contribution is -2.24. The first-order chi connectivity index (χ1) is 4.24. The van der Waals surface area contributed by atoms with E-state index in [1.54, 1.807) is 0 Å². The largest absolute Gasteiger partial charge is 0.394 e. The lowest BCUT2D eigenvalue weighted by atomic mass is 9.96. The number of aliphatic hydroxyl groups excluding tert-OH is 2. The molecule has 0 saturated carbocycles. The molecule has 0 aromatic rings. The Morgan fingerprint density at radius 1 is 1.67 bits per heavy atom. The molecule has 1 aliphatic rings. The summed E-state index contributed by atoms with van der Waals surface area (Å²) in [7, 11) is 5.30. The van der Waals surface area contributed by atoms with Gasteiger partial charge in [-0.3, -0.25) is 0 Å². The first kappa shape index (κ1) is 7.06. The Labute approximate surface area is 55.0 Å². The SMILES string of the molecule is [B][C@@H]1C[C@@H](O)[C@H](CO)O1. The average molecular weight is 128 g/mol. The molecule has 9 heavy (non-hydrogen) atoms. The van der Waals surface area contributed by atoms with Crippen LogP contribution in [0.25, 0.3) is 0 Å². The van der Waals surface area contributed by atoms with Crippen molar-refractivity contribution in [2.45, 2.75) is 24.6 Å². The lowest BCUT2D eigenvalue weighted by molar-refractivity contribution is -0.00408. The second-order valence-electron chi connectivity index (χ2n) is 2.20. The summed E-state index contributed by atoms with van der Waals surface area (Å²) in [5.74, 6) is 0. The van der Waals surface area contributed by atoms with Crippen LogP contribution in [0.15, 0.2) is 0 Å². The van der Waals surface area contributed by atoms with Crippen molar-refractivity contribution < 1.29 is 14.9 Å². The zero-order valence-corrected chi connectivity index (χ0v) is 5.03. The molecule has 1 fully saturated rings. The third-order valence-corrected chi connectivity index (χ3v) is 1.43. The van der Waals surface area contributed by atoms with E-state index in [0.717, 1.165) is 0 Å². The number of hydrogen-bond donors (Lipinski definition) is 2. The molecule has 4 heteroatoms. The first-order valence-electron chi connectivity index (χ1n) is 2.94. The summed E-state index contributed by atoms with van der Waals surface area (Å²) >= 11 is 0. The molecule has 0 bridgehead atoms. The Morgan fingerprint density at radius 3 is 2.56 bits per heavy atom. The van der Waals surface area contributed by atoms with E-state index >= 15 is 0 Å². The van der Waals surface area contributed by atoms with Crippen LogP contribution in [0.1, 0.15) is 6.42 Å². The van der Waals surface area contributed by atoms with Crippen LogP contribution < -0.4 is 0 Å². The van der Waals surface area contributed by atoms with Crippen LogP contribution in [0.3, 0.4) is 0 Å². The average Bonchev–Trinajstić information content (AvgIpc) is 2.10. The van der Waals surface area contributed by atoms with Crippen molar-refractivity contribution in [1.82, 2.24) is 0 Å². The molecule has 0 unspecified atom stereocenters. The molecule has 1 saturated heterocycles. The molecular weight excluding hydrogens is 119 g/mol. The van der Waals surface area contributed by atoms with Gasteiger partial charge in [0.05, 0.1) is 12.7 Å². The second kappa shape index (κ2) is 2.69. The fourth-order valence-corrected chi connectivity index (χ4v) is 0.925. The van der Waals surface area contributed by atoms with E-state index in [9.17, 15) is 0 Å². The molecule has 3 atom stereocenters. The topological polar surface area (TPSA) is 49.7 Å². The molecule has 0 amide bonds. The zero-order chi connectivity index (χ0) is 6.85. The van der Waals surface area contributed by atoms with Gasteiger partial charge in [-0.1, -0.05) is 0 Å². The van der Waals surface area contributed by atoms with Crippen molar-refractivity contribution in [2.75, 3.05) is 6.61 Å². The van der Waals surface area contributed by atoms with Crippen molar-refractivity contribution in [2.24, 2.45) is 0 Å². The van der Waals surface area contributed by atoms with Gasteiger partial charge in [0, 0.05) is 6.00 Å². The van der Waals surface area contributed by atoms with Crippen LogP contribution in [0.5, 0.6) is 0 Å². The molecule has 1 rings (SSSR count). The van der Waals surface area contributed by atoms with Crippen LogP contribution >= 0.6 is 0 Å². The molecule has 0 spiro atoms. The fourth-order valence-electron chi connectivity index (χ4n) is 0.925. The van der Waals surface area contributed by atoms with Crippen LogP contribution in [-0.4, -0.2) is 42.9 Å². The third kappa shape index (κ3) is 1.44. The maximum absolute atomic E-state index is 8.99. The Bertz CT molecular complexity index is 98.2. The van der Waals surface area contributed by atoms with E-state index in [4.69, 9.17) is 22.8 Å². The van der Waals surface area contributed by atoms with Crippen LogP contribution in [0, 0.1) is 0 Å². The number of aliphatic hydroxyl groups is 2. The monoisotopic (exact) mass is 128 g/mol. The highest BCUT2D eigenvalue weighted by atomic mass is 16.5. The quantitative estimate of drug-likeness (QED) is 0.428. The summed E-state index contributed by atoms with van der Waals surface area (Å²) in [6.45, 7) is -0.158. The highest BCUT2D eigenvalue weighted by Gasteiger charge is 2.29.